The van der Waals surface area contributed by atoms with E-state index in [2.05, 4.69) is 4.74 Å². The van der Waals surface area contributed by atoms with Gasteiger partial charge in [0, 0.05) is 11.8 Å². The number of fused-ring (bicyclic) bond motifs is 3. The lowest BCUT2D eigenvalue weighted by atomic mass is 9.72. The van der Waals surface area contributed by atoms with Crippen molar-refractivity contribution in [2.75, 3.05) is 6.61 Å². The largest absolute Gasteiger partial charge is 0.426 e. The summed E-state index contributed by atoms with van der Waals surface area (Å²) in [4.78, 5) is 0. The molecule has 108 valence electrons. The third kappa shape index (κ3) is 1.59. The molecule has 0 saturated carbocycles. The maximum atomic E-state index is 12.9. The molecule has 3 heterocycles. The molecule has 0 radical (unpaired) electrons. The Hall–Kier alpha value is -0.760. The Bertz CT molecular complexity index is 412. The van der Waals surface area contributed by atoms with E-state index in [1.807, 2.05) is 0 Å². The highest BCUT2D eigenvalue weighted by molar-refractivity contribution is 5.21. The van der Waals surface area contributed by atoms with Gasteiger partial charge in [0.1, 0.15) is 0 Å². The highest BCUT2D eigenvalue weighted by Crippen LogP contribution is 2.61. The molecular formula is C11H10F6O2. The number of hydrogen-bond acceptors (Lipinski definition) is 2. The second kappa shape index (κ2) is 3.46. The van der Waals surface area contributed by atoms with Gasteiger partial charge in [0.05, 0.1) is 18.8 Å². The van der Waals surface area contributed by atoms with Gasteiger partial charge in [0.15, 0.2) is 0 Å². The fraction of sp³-hybridized carbons (Fsp3) is 0.818. The molecule has 0 aromatic heterocycles. The molecule has 0 aromatic carbocycles. The molecule has 2 saturated heterocycles. The molecule has 0 aliphatic carbocycles. The van der Waals surface area contributed by atoms with Crippen LogP contribution in [0.1, 0.15) is 12.8 Å². The van der Waals surface area contributed by atoms with Crippen LogP contribution in [0.2, 0.25) is 0 Å². The summed E-state index contributed by atoms with van der Waals surface area (Å²) in [6, 6.07) is 0. The Kier molecular flexibility index (Phi) is 2.41. The average Bonchev–Trinajstić information content (AvgIpc) is 2.89. The molecular weight excluding hydrogens is 278 g/mol. The first-order valence-corrected chi connectivity index (χ1v) is 5.71. The Morgan fingerprint density at radius 1 is 1.00 bits per heavy atom. The van der Waals surface area contributed by atoms with Crippen LogP contribution < -0.4 is 0 Å². The van der Waals surface area contributed by atoms with Gasteiger partial charge in [-0.15, -0.1) is 0 Å². The summed E-state index contributed by atoms with van der Waals surface area (Å²) in [5.74, 6) is 0. The van der Waals surface area contributed by atoms with E-state index in [0.717, 1.165) is 0 Å². The van der Waals surface area contributed by atoms with Gasteiger partial charge in [0.25, 0.3) is 5.60 Å². The highest BCUT2D eigenvalue weighted by atomic mass is 19.4. The number of alkyl halides is 6. The van der Waals surface area contributed by atoms with Gasteiger partial charge in [0.2, 0.25) is 0 Å². The predicted molar refractivity (Wildman–Crippen MR) is 50.3 cm³/mol. The van der Waals surface area contributed by atoms with E-state index in [1.165, 1.54) is 6.08 Å². The summed E-state index contributed by atoms with van der Waals surface area (Å²) in [6.45, 7) is -0.586. The van der Waals surface area contributed by atoms with Gasteiger partial charge in [-0.25, -0.2) is 0 Å². The molecule has 3 atom stereocenters. The first kappa shape index (κ1) is 13.2. The van der Waals surface area contributed by atoms with Crippen LogP contribution in [-0.2, 0) is 9.47 Å². The van der Waals surface area contributed by atoms with Crippen molar-refractivity contribution in [3.8, 4) is 0 Å². The minimum Gasteiger partial charge on any atom is -0.366 e. The van der Waals surface area contributed by atoms with Crippen LogP contribution in [0.4, 0.5) is 26.3 Å². The van der Waals surface area contributed by atoms with Crippen LogP contribution in [-0.4, -0.2) is 36.8 Å². The van der Waals surface area contributed by atoms with E-state index in [1.54, 1.807) is 6.08 Å². The molecule has 3 aliphatic rings. The standard InChI is InChI=1S/C11H10F6O2/c12-10(13,14)9(11(15,16)17)4-8(5-18-9)3-6-1-2-7(8)19-6/h1-2,6-7H,3-5H2. The highest BCUT2D eigenvalue weighted by Gasteiger charge is 2.78. The van der Waals surface area contributed by atoms with Crippen molar-refractivity contribution in [1.82, 2.24) is 0 Å². The lowest BCUT2D eigenvalue weighted by molar-refractivity contribution is -0.368. The van der Waals surface area contributed by atoms with Crippen LogP contribution in [0.3, 0.4) is 0 Å². The third-order valence-electron chi connectivity index (χ3n) is 4.16. The molecule has 0 aromatic rings. The van der Waals surface area contributed by atoms with Crippen molar-refractivity contribution in [2.45, 2.75) is 43.0 Å². The molecule has 8 heteroatoms. The normalized spacial score (nSPS) is 40.5. The summed E-state index contributed by atoms with van der Waals surface area (Å²) < 4.78 is 86.9. The van der Waals surface area contributed by atoms with E-state index in [4.69, 9.17) is 4.74 Å². The van der Waals surface area contributed by atoms with Crippen LogP contribution in [0.5, 0.6) is 0 Å². The van der Waals surface area contributed by atoms with E-state index in [0.29, 0.717) is 0 Å². The molecule has 19 heavy (non-hydrogen) atoms. The van der Waals surface area contributed by atoms with Crippen molar-refractivity contribution in [3.05, 3.63) is 12.2 Å². The van der Waals surface area contributed by atoms with Crippen molar-refractivity contribution >= 4 is 0 Å². The van der Waals surface area contributed by atoms with Gasteiger partial charge in [-0.3, -0.25) is 0 Å². The number of halogens is 6. The van der Waals surface area contributed by atoms with Crippen molar-refractivity contribution in [3.63, 3.8) is 0 Å². The van der Waals surface area contributed by atoms with Crippen LogP contribution >= 0.6 is 0 Å². The molecule has 3 aliphatic heterocycles. The second-order valence-electron chi connectivity index (χ2n) is 5.33. The first-order valence-electron chi connectivity index (χ1n) is 5.71. The fourth-order valence-corrected chi connectivity index (χ4v) is 3.19. The summed E-state index contributed by atoms with van der Waals surface area (Å²) in [5.41, 5.74) is -5.29. The minimum atomic E-state index is -5.49. The monoisotopic (exact) mass is 288 g/mol. The Balaban J connectivity index is 1.97. The third-order valence-corrected chi connectivity index (χ3v) is 4.16. The molecule has 0 amide bonds. The zero-order valence-corrected chi connectivity index (χ0v) is 9.52. The molecule has 1 spiro atoms. The van der Waals surface area contributed by atoms with Crippen molar-refractivity contribution in [1.29, 1.82) is 0 Å². The van der Waals surface area contributed by atoms with Crippen molar-refractivity contribution in [2.24, 2.45) is 5.41 Å². The van der Waals surface area contributed by atoms with E-state index < -0.39 is 48.6 Å². The van der Waals surface area contributed by atoms with E-state index in [-0.39, 0.29) is 6.42 Å². The summed E-state index contributed by atoms with van der Waals surface area (Å²) in [6.07, 6.45) is -9.88. The van der Waals surface area contributed by atoms with Crippen LogP contribution in [0, 0.1) is 5.41 Å². The summed E-state index contributed by atoms with van der Waals surface area (Å²) in [7, 11) is 0. The maximum absolute atomic E-state index is 12.9. The minimum absolute atomic E-state index is 0.141. The summed E-state index contributed by atoms with van der Waals surface area (Å²) >= 11 is 0. The summed E-state index contributed by atoms with van der Waals surface area (Å²) in [5, 5.41) is 0. The fourth-order valence-electron chi connectivity index (χ4n) is 3.19. The van der Waals surface area contributed by atoms with Crippen LogP contribution in [0.25, 0.3) is 0 Å². The zero-order chi connectivity index (χ0) is 14.1. The molecule has 0 N–H and O–H groups in total. The van der Waals surface area contributed by atoms with Gasteiger partial charge in [-0.2, -0.15) is 26.3 Å². The molecule has 3 rings (SSSR count). The van der Waals surface area contributed by atoms with Gasteiger partial charge < -0.3 is 9.47 Å². The second-order valence-corrected chi connectivity index (χ2v) is 5.33. The molecule has 2 bridgehead atoms. The SMILES string of the molecule is FC(F)(F)C1(C(F)(F)F)CC2(CO1)CC1C=CC2O1. The predicted octanol–water partition coefficient (Wildman–Crippen LogP) is 2.98. The van der Waals surface area contributed by atoms with Crippen LogP contribution in [0.15, 0.2) is 12.2 Å². The lowest BCUT2D eigenvalue weighted by Gasteiger charge is -2.34. The number of rotatable bonds is 0. The Morgan fingerprint density at radius 3 is 2.00 bits per heavy atom. The first-order chi connectivity index (χ1) is 8.60. The van der Waals surface area contributed by atoms with E-state index in [9.17, 15) is 26.3 Å². The lowest BCUT2D eigenvalue weighted by Crippen LogP contribution is -2.57. The average molecular weight is 288 g/mol. The number of hydrogen-bond donors (Lipinski definition) is 0. The molecule has 3 unspecified atom stereocenters. The Labute approximate surface area is 104 Å². The molecule has 2 nitrogen and oxygen atoms in total. The molecule has 2 fully saturated rings. The van der Waals surface area contributed by atoms with Crippen molar-refractivity contribution < 1.29 is 35.8 Å². The van der Waals surface area contributed by atoms with Gasteiger partial charge in [-0.1, -0.05) is 12.2 Å². The zero-order valence-electron chi connectivity index (χ0n) is 9.52. The Morgan fingerprint density at radius 2 is 1.63 bits per heavy atom. The van der Waals surface area contributed by atoms with E-state index >= 15 is 0 Å². The maximum Gasteiger partial charge on any atom is 0.426 e. The van der Waals surface area contributed by atoms with Gasteiger partial charge >= 0.3 is 12.4 Å². The smallest absolute Gasteiger partial charge is 0.366 e. The van der Waals surface area contributed by atoms with Gasteiger partial charge in [-0.05, 0) is 6.42 Å². The topological polar surface area (TPSA) is 18.5 Å². The number of ether oxygens (including phenoxy) is 2. The quantitative estimate of drug-likeness (QED) is 0.504.